The molecular formula is C12H20. The number of allylic oxidation sites excluding steroid dienone is 4. The third-order valence-electron chi connectivity index (χ3n) is 2.88. The Labute approximate surface area is 76.4 Å². The lowest BCUT2D eigenvalue weighted by molar-refractivity contribution is 0.411. The number of hydrogen-bond donors (Lipinski definition) is 0. The van der Waals surface area contributed by atoms with Crippen LogP contribution in [0.25, 0.3) is 0 Å². The Balaban J connectivity index is 2.55. The second-order valence-corrected chi connectivity index (χ2v) is 4.07. The van der Waals surface area contributed by atoms with E-state index in [0.717, 1.165) is 0 Å². The summed E-state index contributed by atoms with van der Waals surface area (Å²) < 4.78 is 0. The van der Waals surface area contributed by atoms with Crippen molar-refractivity contribution in [2.24, 2.45) is 5.41 Å². The Morgan fingerprint density at radius 3 is 2.58 bits per heavy atom. The molecule has 0 saturated heterocycles. The molecule has 0 radical (unpaired) electrons. The first kappa shape index (κ1) is 9.57. The van der Waals surface area contributed by atoms with Crippen LogP contribution < -0.4 is 0 Å². The molecule has 1 rings (SSSR count). The molecule has 1 unspecified atom stereocenters. The van der Waals surface area contributed by atoms with E-state index in [9.17, 15) is 0 Å². The van der Waals surface area contributed by atoms with Gasteiger partial charge in [-0.15, -0.1) is 0 Å². The van der Waals surface area contributed by atoms with Crippen LogP contribution in [0.1, 0.15) is 46.5 Å². The normalized spacial score (nSPS) is 28.8. The van der Waals surface area contributed by atoms with Crippen LogP contribution in [-0.2, 0) is 0 Å². The summed E-state index contributed by atoms with van der Waals surface area (Å²) in [7, 11) is 0. The van der Waals surface area contributed by atoms with E-state index < -0.39 is 0 Å². The van der Waals surface area contributed by atoms with Gasteiger partial charge >= 0.3 is 0 Å². The predicted octanol–water partition coefficient (Wildman–Crippen LogP) is 4.09. The predicted molar refractivity (Wildman–Crippen MR) is 55.1 cm³/mol. The van der Waals surface area contributed by atoms with Gasteiger partial charge in [0.05, 0.1) is 0 Å². The van der Waals surface area contributed by atoms with Crippen LogP contribution in [0.15, 0.2) is 23.8 Å². The monoisotopic (exact) mass is 164 g/mol. The van der Waals surface area contributed by atoms with Crippen molar-refractivity contribution in [3.05, 3.63) is 23.8 Å². The first-order valence-corrected chi connectivity index (χ1v) is 5.08. The topological polar surface area (TPSA) is 0 Å². The molecule has 0 N–H and O–H groups in total. The molecule has 1 aliphatic carbocycles. The number of hydrogen-bond acceptors (Lipinski definition) is 0. The van der Waals surface area contributed by atoms with E-state index in [2.05, 4.69) is 39.0 Å². The van der Waals surface area contributed by atoms with Gasteiger partial charge in [0, 0.05) is 0 Å². The van der Waals surface area contributed by atoms with E-state index in [1.165, 1.54) is 31.3 Å². The van der Waals surface area contributed by atoms with Crippen LogP contribution in [0, 0.1) is 5.41 Å². The number of rotatable bonds is 3. The highest BCUT2D eigenvalue weighted by Crippen LogP contribution is 2.33. The summed E-state index contributed by atoms with van der Waals surface area (Å²) in [6.07, 6.45) is 12.1. The van der Waals surface area contributed by atoms with E-state index in [0.29, 0.717) is 5.41 Å². The maximum absolute atomic E-state index is 2.41. The second kappa shape index (κ2) is 3.93. The van der Waals surface area contributed by atoms with Crippen molar-refractivity contribution < 1.29 is 0 Å². The summed E-state index contributed by atoms with van der Waals surface area (Å²) in [6.45, 7) is 6.84. The molecule has 0 saturated carbocycles. The van der Waals surface area contributed by atoms with Gasteiger partial charge in [-0.05, 0) is 24.7 Å². The van der Waals surface area contributed by atoms with Gasteiger partial charge in [0.2, 0.25) is 0 Å². The van der Waals surface area contributed by atoms with E-state index in [1.54, 1.807) is 0 Å². The second-order valence-electron chi connectivity index (χ2n) is 4.07. The zero-order valence-corrected chi connectivity index (χ0v) is 8.56. The molecular weight excluding hydrogens is 144 g/mol. The average molecular weight is 164 g/mol. The molecule has 0 heterocycles. The van der Waals surface area contributed by atoms with Crippen LogP contribution in [-0.4, -0.2) is 0 Å². The smallest absolute Gasteiger partial charge is 0.0111 e. The largest absolute Gasteiger partial charge is 0.0805 e. The molecule has 0 aromatic rings. The zero-order chi connectivity index (χ0) is 9.03. The van der Waals surface area contributed by atoms with Gasteiger partial charge in [-0.25, -0.2) is 0 Å². The van der Waals surface area contributed by atoms with Crippen molar-refractivity contribution in [1.29, 1.82) is 0 Å². The fraction of sp³-hybridized carbons (Fsp3) is 0.667. The molecule has 0 bridgehead atoms. The van der Waals surface area contributed by atoms with E-state index in [-0.39, 0.29) is 0 Å². The fourth-order valence-electron chi connectivity index (χ4n) is 1.54. The first-order chi connectivity index (χ1) is 5.70. The van der Waals surface area contributed by atoms with Crippen molar-refractivity contribution >= 4 is 0 Å². The van der Waals surface area contributed by atoms with Crippen LogP contribution in [0.2, 0.25) is 0 Å². The Bertz CT molecular complexity index is 198. The minimum atomic E-state index is 0.442. The summed E-state index contributed by atoms with van der Waals surface area (Å²) in [6, 6.07) is 0. The summed E-state index contributed by atoms with van der Waals surface area (Å²) in [5.74, 6) is 0. The molecule has 0 heteroatoms. The molecule has 68 valence electrons. The van der Waals surface area contributed by atoms with Crippen LogP contribution in [0.3, 0.4) is 0 Å². The summed E-state index contributed by atoms with van der Waals surface area (Å²) in [5, 5.41) is 0. The fourth-order valence-corrected chi connectivity index (χ4v) is 1.54. The van der Waals surface area contributed by atoms with Crippen molar-refractivity contribution in [3.8, 4) is 0 Å². The van der Waals surface area contributed by atoms with Gasteiger partial charge in [-0.3, -0.25) is 0 Å². The van der Waals surface area contributed by atoms with E-state index >= 15 is 0 Å². The summed E-state index contributed by atoms with van der Waals surface area (Å²) >= 11 is 0. The third-order valence-corrected chi connectivity index (χ3v) is 2.88. The minimum Gasteiger partial charge on any atom is -0.0805 e. The quantitative estimate of drug-likeness (QED) is 0.589. The van der Waals surface area contributed by atoms with Crippen molar-refractivity contribution in [2.45, 2.75) is 46.5 Å². The van der Waals surface area contributed by atoms with Crippen LogP contribution >= 0.6 is 0 Å². The molecule has 1 aliphatic rings. The molecule has 12 heavy (non-hydrogen) atoms. The molecule has 1 atom stereocenters. The molecule has 0 amide bonds. The van der Waals surface area contributed by atoms with E-state index in [4.69, 9.17) is 0 Å². The molecule has 0 nitrogen and oxygen atoms in total. The van der Waals surface area contributed by atoms with Gasteiger partial charge in [0.15, 0.2) is 0 Å². The molecule has 0 fully saturated rings. The van der Waals surface area contributed by atoms with Crippen molar-refractivity contribution in [2.75, 3.05) is 0 Å². The summed E-state index contributed by atoms with van der Waals surface area (Å²) in [4.78, 5) is 0. The van der Waals surface area contributed by atoms with Gasteiger partial charge in [-0.1, -0.05) is 51.0 Å². The Morgan fingerprint density at radius 1 is 1.42 bits per heavy atom. The zero-order valence-electron chi connectivity index (χ0n) is 8.56. The van der Waals surface area contributed by atoms with Gasteiger partial charge in [0.25, 0.3) is 0 Å². The SMILES string of the molecule is CCCC1=CCC(C)(CC)C=C1. The van der Waals surface area contributed by atoms with Crippen molar-refractivity contribution in [1.82, 2.24) is 0 Å². The first-order valence-electron chi connectivity index (χ1n) is 5.08. The molecule has 0 spiro atoms. The van der Waals surface area contributed by atoms with Crippen LogP contribution in [0.5, 0.6) is 0 Å². The highest BCUT2D eigenvalue weighted by atomic mass is 14.2. The molecule has 0 aromatic heterocycles. The van der Waals surface area contributed by atoms with Gasteiger partial charge < -0.3 is 0 Å². The highest BCUT2D eigenvalue weighted by molar-refractivity contribution is 5.25. The van der Waals surface area contributed by atoms with Gasteiger partial charge in [0.1, 0.15) is 0 Å². The minimum absolute atomic E-state index is 0.442. The maximum atomic E-state index is 2.41. The lowest BCUT2D eigenvalue weighted by Crippen LogP contribution is -2.12. The van der Waals surface area contributed by atoms with Crippen LogP contribution in [0.4, 0.5) is 0 Å². The Kier molecular flexibility index (Phi) is 3.13. The average Bonchev–Trinajstić information content (AvgIpc) is 2.10. The summed E-state index contributed by atoms with van der Waals surface area (Å²) in [5.41, 5.74) is 1.97. The standard InChI is InChI=1S/C12H20/c1-4-6-11-7-9-12(3,5-2)10-8-11/h7-9H,4-6,10H2,1-3H3. The third kappa shape index (κ3) is 2.23. The molecule has 0 aromatic carbocycles. The Hall–Kier alpha value is -0.520. The molecule has 0 aliphatic heterocycles. The maximum Gasteiger partial charge on any atom is -0.0111 e. The van der Waals surface area contributed by atoms with E-state index in [1.807, 2.05) is 0 Å². The lowest BCUT2D eigenvalue weighted by Gasteiger charge is -2.26. The van der Waals surface area contributed by atoms with Crippen molar-refractivity contribution in [3.63, 3.8) is 0 Å². The van der Waals surface area contributed by atoms with Gasteiger partial charge in [-0.2, -0.15) is 0 Å². The lowest BCUT2D eigenvalue weighted by atomic mass is 9.79. The Morgan fingerprint density at radius 2 is 2.17 bits per heavy atom. The highest BCUT2D eigenvalue weighted by Gasteiger charge is 2.19.